The molecule has 4 rings (SSSR count). The van der Waals surface area contributed by atoms with Crippen molar-refractivity contribution in [2.75, 3.05) is 39.4 Å². The van der Waals surface area contributed by atoms with Crippen molar-refractivity contribution in [3.05, 3.63) is 71.3 Å². The molecule has 2 aromatic rings. The zero-order valence-electron chi connectivity index (χ0n) is 23.9. The highest BCUT2D eigenvalue weighted by atomic mass is 35.5. The minimum atomic E-state index is -0.554. The van der Waals surface area contributed by atoms with Crippen LogP contribution in [-0.4, -0.2) is 66.2 Å². The van der Waals surface area contributed by atoms with Gasteiger partial charge in [0.1, 0.15) is 17.2 Å². The van der Waals surface area contributed by atoms with E-state index in [2.05, 4.69) is 5.32 Å². The molecule has 2 unspecified atom stereocenters. The van der Waals surface area contributed by atoms with Crippen LogP contribution in [0.2, 0.25) is 0 Å². The van der Waals surface area contributed by atoms with Crippen LogP contribution in [0.5, 0.6) is 0 Å². The molecule has 2 saturated heterocycles. The van der Waals surface area contributed by atoms with E-state index >= 15 is 0 Å². The van der Waals surface area contributed by atoms with E-state index in [1.807, 2.05) is 26.8 Å². The van der Waals surface area contributed by atoms with Crippen molar-refractivity contribution < 1.29 is 28.5 Å². The second-order valence-corrected chi connectivity index (χ2v) is 12.1. The van der Waals surface area contributed by atoms with Crippen LogP contribution in [0.3, 0.4) is 0 Å². The molecule has 2 fully saturated rings. The molecule has 3 N–H and O–H groups in total. The van der Waals surface area contributed by atoms with Crippen molar-refractivity contribution in [2.45, 2.75) is 64.9 Å². The summed E-state index contributed by atoms with van der Waals surface area (Å²) in [5.74, 6) is -0.435. The Kier molecular flexibility index (Phi) is 12.8. The van der Waals surface area contributed by atoms with Gasteiger partial charge >= 0.3 is 6.09 Å². The lowest BCUT2D eigenvalue weighted by Gasteiger charge is -2.42. The number of carbonyl (C=O) groups is 1. The summed E-state index contributed by atoms with van der Waals surface area (Å²) in [7, 11) is 0. The summed E-state index contributed by atoms with van der Waals surface area (Å²) >= 11 is 0. The third-order valence-corrected chi connectivity index (χ3v) is 7.59. The molecule has 0 saturated carbocycles. The SMILES string of the molecule is CC(C)(C)OC(=O)N1CCCC(CO)(Cc2ccccc2F)C1.Cl.OCC1(Cc2ccccc2F)CCCNC1. The van der Waals surface area contributed by atoms with Gasteiger partial charge in [0.2, 0.25) is 0 Å². The van der Waals surface area contributed by atoms with E-state index < -0.39 is 11.0 Å². The first kappa shape index (κ1) is 33.9. The van der Waals surface area contributed by atoms with Crippen molar-refractivity contribution in [1.82, 2.24) is 10.2 Å². The molecule has 2 atom stereocenters. The summed E-state index contributed by atoms with van der Waals surface area (Å²) in [5, 5.41) is 22.7. The molecule has 6 nitrogen and oxygen atoms in total. The van der Waals surface area contributed by atoms with Crippen molar-refractivity contribution in [2.24, 2.45) is 10.8 Å². The summed E-state index contributed by atoms with van der Waals surface area (Å²) in [6, 6.07) is 13.4. The van der Waals surface area contributed by atoms with Crippen molar-refractivity contribution >= 4 is 18.5 Å². The van der Waals surface area contributed by atoms with Gasteiger partial charge in [-0.2, -0.15) is 0 Å². The summed E-state index contributed by atoms with van der Waals surface area (Å²) in [4.78, 5) is 13.9. The van der Waals surface area contributed by atoms with Gasteiger partial charge in [-0.05, 0) is 89.1 Å². The number of hydrogen-bond donors (Lipinski definition) is 3. The zero-order chi connectivity index (χ0) is 28.5. The smallest absolute Gasteiger partial charge is 0.410 e. The molecule has 40 heavy (non-hydrogen) atoms. The van der Waals surface area contributed by atoms with Gasteiger partial charge in [0.25, 0.3) is 0 Å². The molecule has 9 heteroatoms. The van der Waals surface area contributed by atoms with Gasteiger partial charge in [0.05, 0.1) is 13.2 Å². The summed E-state index contributed by atoms with van der Waals surface area (Å²) in [6.45, 7) is 8.28. The molecule has 0 radical (unpaired) electrons. The van der Waals surface area contributed by atoms with E-state index in [9.17, 15) is 23.8 Å². The maximum atomic E-state index is 13.9. The number of nitrogens with zero attached hydrogens (tertiary/aromatic N) is 1. The Hall–Kier alpha value is -2.26. The van der Waals surface area contributed by atoms with Gasteiger partial charge in [-0.15, -0.1) is 12.4 Å². The third-order valence-electron chi connectivity index (χ3n) is 7.59. The van der Waals surface area contributed by atoms with Crippen LogP contribution >= 0.6 is 12.4 Å². The Morgan fingerprint density at radius 3 is 1.93 bits per heavy atom. The fourth-order valence-electron chi connectivity index (χ4n) is 5.48. The molecule has 2 aliphatic heterocycles. The fourth-order valence-corrected chi connectivity index (χ4v) is 5.48. The number of piperidine rings is 2. The lowest BCUT2D eigenvalue weighted by atomic mass is 9.75. The number of ether oxygens (including phenoxy) is 1. The molecule has 2 aromatic carbocycles. The minimum absolute atomic E-state index is 0. The molecule has 2 aliphatic rings. The highest BCUT2D eigenvalue weighted by Crippen LogP contribution is 2.35. The highest BCUT2D eigenvalue weighted by Gasteiger charge is 2.38. The van der Waals surface area contributed by atoms with E-state index in [1.165, 1.54) is 12.1 Å². The third kappa shape index (κ3) is 9.68. The van der Waals surface area contributed by atoms with E-state index in [-0.39, 0.29) is 48.8 Å². The number of aliphatic hydroxyl groups excluding tert-OH is 2. The highest BCUT2D eigenvalue weighted by molar-refractivity contribution is 5.85. The van der Waals surface area contributed by atoms with Gasteiger partial charge in [0, 0.05) is 30.5 Å². The Bertz CT molecular complexity index is 1080. The quantitative estimate of drug-likeness (QED) is 0.417. The molecular formula is C31H45ClF2N2O4. The summed E-state index contributed by atoms with van der Waals surface area (Å²) in [5.41, 5.74) is 0.0348. The molecule has 2 heterocycles. The molecule has 0 aliphatic carbocycles. The van der Waals surface area contributed by atoms with Crippen LogP contribution in [-0.2, 0) is 17.6 Å². The van der Waals surface area contributed by atoms with Crippen molar-refractivity contribution in [1.29, 1.82) is 0 Å². The van der Waals surface area contributed by atoms with E-state index in [0.29, 0.717) is 37.1 Å². The molecular weight excluding hydrogens is 538 g/mol. The average molecular weight is 583 g/mol. The number of nitrogens with one attached hydrogen (secondary N) is 1. The first-order valence-corrected chi connectivity index (χ1v) is 13.9. The predicted molar refractivity (Wildman–Crippen MR) is 156 cm³/mol. The number of likely N-dealkylation sites (tertiary alicyclic amines) is 1. The number of aliphatic hydroxyl groups is 2. The lowest BCUT2D eigenvalue weighted by molar-refractivity contribution is -0.00864. The molecule has 0 spiro atoms. The monoisotopic (exact) mass is 582 g/mol. The standard InChI is InChI=1S/C18H26FNO3.C13H18FNO.ClH/c1-17(2,3)23-16(22)20-10-6-9-18(12-20,13-21)11-14-7-4-5-8-15(14)19;14-12-5-2-1-4-11(12)8-13(10-16)6-3-7-15-9-13;/h4-5,7-8,21H,6,9-13H2,1-3H3;1-2,4-5,15-16H,3,6-10H2;1H. The average Bonchev–Trinajstić information content (AvgIpc) is 2.91. The van der Waals surface area contributed by atoms with E-state index in [1.54, 1.807) is 35.2 Å². The van der Waals surface area contributed by atoms with Gasteiger partial charge in [0.15, 0.2) is 0 Å². The number of hydrogen-bond acceptors (Lipinski definition) is 5. The zero-order valence-corrected chi connectivity index (χ0v) is 24.7. The summed E-state index contributed by atoms with van der Waals surface area (Å²) < 4.78 is 32.9. The van der Waals surface area contributed by atoms with Crippen LogP contribution in [0.25, 0.3) is 0 Å². The van der Waals surface area contributed by atoms with Gasteiger partial charge in [-0.25, -0.2) is 13.6 Å². The van der Waals surface area contributed by atoms with Crippen LogP contribution in [0.15, 0.2) is 48.5 Å². The van der Waals surface area contributed by atoms with E-state index in [4.69, 9.17) is 4.74 Å². The number of benzene rings is 2. The number of halogens is 3. The second-order valence-electron chi connectivity index (χ2n) is 12.1. The maximum absolute atomic E-state index is 13.9. The topological polar surface area (TPSA) is 82.0 Å². The Morgan fingerprint density at radius 2 is 1.45 bits per heavy atom. The van der Waals surface area contributed by atoms with Crippen molar-refractivity contribution in [3.8, 4) is 0 Å². The first-order chi connectivity index (χ1) is 18.5. The Labute approximate surface area is 243 Å². The van der Waals surface area contributed by atoms with Crippen LogP contribution in [0.4, 0.5) is 13.6 Å². The van der Waals surface area contributed by atoms with E-state index in [0.717, 1.165) is 38.8 Å². The normalized spacial score (nSPS) is 22.9. The molecule has 1 amide bonds. The Balaban J connectivity index is 0.000000290. The minimum Gasteiger partial charge on any atom is -0.444 e. The van der Waals surface area contributed by atoms with Crippen molar-refractivity contribution in [3.63, 3.8) is 0 Å². The fraction of sp³-hybridized carbons (Fsp3) is 0.581. The number of amides is 1. The lowest BCUT2D eigenvalue weighted by Crippen LogP contribution is -2.50. The molecule has 0 bridgehead atoms. The Morgan fingerprint density at radius 1 is 0.925 bits per heavy atom. The maximum Gasteiger partial charge on any atom is 0.410 e. The molecule has 0 aromatic heterocycles. The predicted octanol–water partition coefficient (Wildman–Crippen LogP) is 5.53. The summed E-state index contributed by atoms with van der Waals surface area (Å²) in [6.07, 6.45) is 4.20. The second kappa shape index (κ2) is 15.1. The number of rotatable bonds is 6. The van der Waals surface area contributed by atoms with Crippen LogP contribution in [0.1, 0.15) is 57.6 Å². The largest absolute Gasteiger partial charge is 0.444 e. The van der Waals surface area contributed by atoms with Gasteiger partial charge in [-0.3, -0.25) is 0 Å². The van der Waals surface area contributed by atoms with Gasteiger partial charge in [-0.1, -0.05) is 36.4 Å². The first-order valence-electron chi connectivity index (χ1n) is 13.9. The van der Waals surface area contributed by atoms with Gasteiger partial charge < -0.3 is 25.2 Å². The van der Waals surface area contributed by atoms with Crippen LogP contribution < -0.4 is 5.32 Å². The van der Waals surface area contributed by atoms with Crippen LogP contribution in [0, 0.1) is 22.5 Å². The number of carbonyl (C=O) groups excluding carboxylic acids is 1. The molecule has 224 valence electrons.